The van der Waals surface area contributed by atoms with Crippen LogP contribution in [0.4, 0.5) is 5.82 Å². The lowest BCUT2D eigenvalue weighted by Gasteiger charge is -2.31. The summed E-state index contributed by atoms with van der Waals surface area (Å²) in [5.41, 5.74) is 6.97. The Labute approximate surface area is 150 Å². The zero-order valence-corrected chi connectivity index (χ0v) is 15.0. The first-order valence-corrected chi connectivity index (χ1v) is 7.93. The highest BCUT2D eigenvalue weighted by Gasteiger charge is 2.28. The number of nitrogens with two attached hydrogens (primary N) is 1. The van der Waals surface area contributed by atoms with Gasteiger partial charge in [0.05, 0.1) is 13.2 Å². The minimum Gasteiger partial charge on any atom is -0.379 e. The molecule has 0 amide bonds. The first-order valence-electron chi connectivity index (χ1n) is 7.93. The maximum absolute atomic E-state index is 5.84. The second-order valence-corrected chi connectivity index (χ2v) is 5.99. The van der Waals surface area contributed by atoms with Crippen molar-refractivity contribution in [3.05, 3.63) is 18.1 Å². The molecule has 0 radical (unpaired) electrons. The first-order chi connectivity index (χ1) is 10.3. The van der Waals surface area contributed by atoms with Crippen molar-refractivity contribution in [2.75, 3.05) is 44.7 Å². The Hall–Kier alpha value is -0.660. The molecule has 1 aromatic heterocycles. The molecule has 2 fully saturated rings. The molecule has 0 bridgehead atoms. The quantitative estimate of drug-likeness (QED) is 0.748. The highest BCUT2D eigenvalue weighted by atomic mass is 35.5. The fraction of sp³-hybridized carbons (Fsp3) is 0.733. The van der Waals surface area contributed by atoms with E-state index in [2.05, 4.69) is 26.3 Å². The van der Waals surface area contributed by atoms with E-state index >= 15 is 0 Å². The number of halogens is 2. The predicted molar refractivity (Wildman–Crippen MR) is 96.8 cm³/mol. The van der Waals surface area contributed by atoms with Crippen LogP contribution in [0.5, 0.6) is 0 Å². The molecule has 0 aromatic carbocycles. The van der Waals surface area contributed by atoms with Gasteiger partial charge < -0.3 is 15.8 Å². The van der Waals surface area contributed by atoms with E-state index in [4.69, 9.17) is 10.5 Å². The van der Waals surface area contributed by atoms with Gasteiger partial charge in [0.25, 0.3) is 0 Å². The molecule has 0 spiro atoms. The molecule has 2 aliphatic rings. The molecule has 3 rings (SSSR count). The van der Waals surface area contributed by atoms with E-state index in [0.717, 1.165) is 70.2 Å². The van der Waals surface area contributed by atoms with Crippen LogP contribution in [0.25, 0.3) is 0 Å². The minimum absolute atomic E-state index is 0. The number of aromatic nitrogens is 2. The molecule has 3 N–H and O–H groups in total. The summed E-state index contributed by atoms with van der Waals surface area (Å²) in [5.74, 6) is 1.46. The molecule has 23 heavy (non-hydrogen) atoms. The summed E-state index contributed by atoms with van der Waals surface area (Å²) < 4.78 is 5.35. The van der Waals surface area contributed by atoms with Gasteiger partial charge in [-0.2, -0.15) is 0 Å². The van der Waals surface area contributed by atoms with Gasteiger partial charge in [-0.25, -0.2) is 9.97 Å². The summed E-state index contributed by atoms with van der Waals surface area (Å²) in [6.07, 6.45) is 4.87. The number of anilines is 1. The molecular weight excluding hydrogens is 337 g/mol. The summed E-state index contributed by atoms with van der Waals surface area (Å²) >= 11 is 0. The summed E-state index contributed by atoms with van der Waals surface area (Å²) in [6, 6.07) is 2.43. The Bertz CT molecular complexity index is 453. The van der Waals surface area contributed by atoms with Crippen LogP contribution in [0, 0.1) is 0 Å². The zero-order valence-electron chi connectivity index (χ0n) is 13.3. The fourth-order valence-electron chi connectivity index (χ4n) is 2.94. The average molecular weight is 364 g/mol. The van der Waals surface area contributed by atoms with E-state index < -0.39 is 0 Å². The predicted octanol–water partition coefficient (Wildman–Crippen LogP) is 1.66. The van der Waals surface area contributed by atoms with Crippen molar-refractivity contribution in [2.24, 2.45) is 5.73 Å². The molecular formula is C15H27Cl2N5O. The maximum Gasteiger partial charge on any atom is 0.129 e. The van der Waals surface area contributed by atoms with Gasteiger partial charge in [0.15, 0.2) is 0 Å². The lowest BCUT2D eigenvalue weighted by molar-refractivity contribution is 0.0378. The van der Waals surface area contributed by atoms with E-state index in [9.17, 15) is 0 Å². The van der Waals surface area contributed by atoms with Crippen molar-refractivity contribution in [1.82, 2.24) is 14.9 Å². The number of nitrogens with zero attached hydrogens (tertiary/aromatic N) is 3. The van der Waals surface area contributed by atoms with Crippen molar-refractivity contribution >= 4 is 30.6 Å². The molecule has 1 aliphatic carbocycles. The van der Waals surface area contributed by atoms with Gasteiger partial charge in [-0.3, -0.25) is 4.90 Å². The second kappa shape index (κ2) is 10.3. The highest BCUT2D eigenvalue weighted by molar-refractivity contribution is 5.85. The number of hydrogen-bond acceptors (Lipinski definition) is 6. The molecule has 2 heterocycles. The molecule has 1 aliphatic heterocycles. The highest BCUT2D eigenvalue weighted by Crippen LogP contribution is 2.34. The van der Waals surface area contributed by atoms with Crippen molar-refractivity contribution in [1.29, 1.82) is 0 Å². The van der Waals surface area contributed by atoms with Crippen molar-refractivity contribution in [3.8, 4) is 0 Å². The van der Waals surface area contributed by atoms with Gasteiger partial charge in [0, 0.05) is 43.4 Å². The van der Waals surface area contributed by atoms with Crippen LogP contribution in [-0.4, -0.2) is 60.3 Å². The van der Waals surface area contributed by atoms with Crippen molar-refractivity contribution < 1.29 is 4.74 Å². The number of rotatable bonds is 6. The minimum atomic E-state index is 0. The smallest absolute Gasteiger partial charge is 0.129 e. The summed E-state index contributed by atoms with van der Waals surface area (Å²) in [4.78, 5) is 11.1. The second-order valence-electron chi connectivity index (χ2n) is 5.99. The number of hydrogen-bond donors (Lipinski definition) is 2. The van der Waals surface area contributed by atoms with Gasteiger partial charge in [0.2, 0.25) is 0 Å². The lowest BCUT2D eigenvalue weighted by Crippen LogP contribution is -2.37. The van der Waals surface area contributed by atoms with Gasteiger partial charge in [0.1, 0.15) is 12.1 Å². The number of nitrogens with one attached hydrogen (secondary N) is 1. The van der Waals surface area contributed by atoms with E-state index in [0.29, 0.717) is 12.0 Å². The molecule has 0 atom stereocenters. The summed E-state index contributed by atoms with van der Waals surface area (Å²) in [6.45, 7) is 5.90. The number of ether oxygens (including phenoxy) is 1. The molecule has 1 saturated carbocycles. The largest absolute Gasteiger partial charge is 0.379 e. The maximum atomic E-state index is 5.84. The van der Waals surface area contributed by atoms with Gasteiger partial charge in [-0.05, 0) is 25.8 Å². The summed E-state index contributed by atoms with van der Waals surface area (Å²) in [5, 5.41) is 3.40. The average Bonchev–Trinajstić information content (AvgIpc) is 2.50. The topological polar surface area (TPSA) is 76.3 Å². The van der Waals surface area contributed by atoms with Crippen LogP contribution in [-0.2, 0) is 4.74 Å². The Morgan fingerprint density at radius 1 is 1.22 bits per heavy atom. The van der Waals surface area contributed by atoms with Gasteiger partial charge in [-0.15, -0.1) is 24.8 Å². The van der Waals surface area contributed by atoms with Crippen molar-refractivity contribution in [3.63, 3.8) is 0 Å². The lowest BCUT2D eigenvalue weighted by atomic mass is 9.79. The molecule has 6 nitrogen and oxygen atoms in total. The third kappa shape index (κ3) is 6.04. The SMILES string of the molecule is Cl.Cl.NC1CC(c2cc(NCCCN3CCOCC3)ncn2)C1. The molecule has 1 aromatic rings. The molecule has 8 heteroatoms. The monoisotopic (exact) mass is 363 g/mol. The molecule has 0 unspecified atom stereocenters. The van der Waals surface area contributed by atoms with Crippen LogP contribution >= 0.6 is 24.8 Å². The van der Waals surface area contributed by atoms with E-state index in [1.54, 1.807) is 6.33 Å². The first kappa shape index (κ1) is 20.4. The van der Waals surface area contributed by atoms with Gasteiger partial charge >= 0.3 is 0 Å². The molecule has 132 valence electrons. The van der Waals surface area contributed by atoms with Crippen molar-refractivity contribution in [2.45, 2.75) is 31.2 Å². The van der Waals surface area contributed by atoms with E-state index in [1.807, 2.05) is 0 Å². The van der Waals surface area contributed by atoms with Crippen LogP contribution in [0.2, 0.25) is 0 Å². The summed E-state index contributed by atoms with van der Waals surface area (Å²) in [7, 11) is 0. The van der Waals surface area contributed by atoms with Crippen LogP contribution in [0.3, 0.4) is 0 Å². The fourth-order valence-corrected chi connectivity index (χ4v) is 2.94. The third-order valence-corrected chi connectivity index (χ3v) is 4.34. The Kier molecular flexibility index (Phi) is 9.09. The standard InChI is InChI=1S/C15H25N5O.2ClH/c16-13-8-12(9-13)14-10-15(19-11-18-14)17-2-1-3-20-4-6-21-7-5-20;;/h10-13H,1-9,16H2,(H,17,18,19);2*1H. The normalized spacial score (nSPS) is 24.0. The van der Waals surface area contributed by atoms with E-state index in [-0.39, 0.29) is 24.8 Å². The third-order valence-electron chi connectivity index (χ3n) is 4.34. The van der Waals surface area contributed by atoms with Crippen LogP contribution < -0.4 is 11.1 Å². The molecule has 1 saturated heterocycles. The number of morpholine rings is 1. The van der Waals surface area contributed by atoms with Crippen LogP contribution in [0.15, 0.2) is 12.4 Å². The van der Waals surface area contributed by atoms with E-state index in [1.165, 1.54) is 0 Å². The zero-order chi connectivity index (χ0) is 14.5. The Morgan fingerprint density at radius 2 is 1.96 bits per heavy atom. The van der Waals surface area contributed by atoms with Crippen LogP contribution in [0.1, 0.15) is 30.9 Å². The van der Waals surface area contributed by atoms with Gasteiger partial charge in [-0.1, -0.05) is 0 Å². The Morgan fingerprint density at radius 3 is 2.65 bits per heavy atom. The Balaban J connectivity index is 0.00000132.